The normalized spacial score (nSPS) is 27.6. The van der Waals surface area contributed by atoms with E-state index in [1.165, 1.54) is 14.0 Å². The molecule has 9 heteroatoms. The van der Waals surface area contributed by atoms with E-state index in [0.29, 0.717) is 0 Å². The number of carbonyl (C=O) groups is 2. The van der Waals surface area contributed by atoms with E-state index in [-0.39, 0.29) is 36.8 Å². The maximum absolute atomic E-state index is 13.4. The van der Waals surface area contributed by atoms with Gasteiger partial charge in [0.2, 0.25) is 5.60 Å². The first-order valence-electron chi connectivity index (χ1n) is 8.02. The maximum Gasteiger partial charge on any atom is 0.335 e. The number of carbonyl (C=O) groups excluding carboxylic acids is 2. The quantitative estimate of drug-likeness (QED) is 0.810. The van der Waals surface area contributed by atoms with Gasteiger partial charge in [-0.25, -0.2) is 13.6 Å². The molecule has 0 bridgehead atoms. The number of methoxy groups -OCH3 is 1. The fourth-order valence-electron chi connectivity index (χ4n) is 2.90. The van der Waals surface area contributed by atoms with Crippen LogP contribution < -0.4 is 5.32 Å². The molecule has 3 rings (SSSR count). The summed E-state index contributed by atoms with van der Waals surface area (Å²) in [4.78, 5) is 29.3. The van der Waals surface area contributed by atoms with Crippen molar-refractivity contribution in [3.8, 4) is 0 Å². The summed E-state index contributed by atoms with van der Waals surface area (Å²) in [6.07, 6.45) is -0.378. The molecule has 0 radical (unpaired) electrons. The van der Waals surface area contributed by atoms with E-state index in [9.17, 15) is 18.4 Å². The van der Waals surface area contributed by atoms with Crippen molar-refractivity contribution in [2.24, 2.45) is 5.16 Å². The van der Waals surface area contributed by atoms with Crippen molar-refractivity contribution in [2.75, 3.05) is 13.7 Å². The first kappa shape index (κ1) is 18.2. The molecule has 0 aromatic heterocycles. The van der Waals surface area contributed by atoms with E-state index in [1.807, 2.05) is 0 Å². The van der Waals surface area contributed by atoms with E-state index in [0.717, 1.165) is 18.2 Å². The molecule has 2 aliphatic rings. The Morgan fingerprint density at radius 3 is 2.65 bits per heavy atom. The van der Waals surface area contributed by atoms with E-state index >= 15 is 0 Å². The van der Waals surface area contributed by atoms with Crippen LogP contribution in [0.25, 0.3) is 0 Å². The van der Waals surface area contributed by atoms with Gasteiger partial charge >= 0.3 is 5.97 Å². The zero-order valence-electron chi connectivity index (χ0n) is 14.3. The summed E-state index contributed by atoms with van der Waals surface area (Å²) in [6, 6.07) is 2.63. The number of rotatable bonds is 4. The Hall–Kier alpha value is -2.55. The minimum atomic E-state index is -1.32. The average molecular weight is 368 g/mol. The van der Waals surface area contributed by atoms with Gasteiger partial charge in [-0.15, -0.1) is 0 Å². The molecule has 1 aromatic carbocycles. The Bertz CT molecular complexity index is 749. The van der Waals surface area contributed by atoms with Gasteiger partial charge in [0.15, 0.2) is 6.10 Å². The summed E-state index contributed by atoms with van der Waals surface area (Å²) in [7, 11) is 1.26. The summed E-state index contributed by atoms with van der Waals surface area (Å²) in [5, 5.41) is 6.56. The molecule has 140 valence electrons. The Morgan fingerprint density at radius 2 is 2.00 bits per heavy atom. The van der Waals surface area contributed by atoms with Crippen LogP contribution in [0.2, 0.25) is 0 Å². The smallest absolute Gasteiger partial charge is 0.335 e. The standard InChI is InChI=1S/C17H18F2N2O5/c1-17(16(23)20-12-6-14(25-8-12)15(22)24-2)7-13(21-26-17)9-3-10(18)5-11(19)4-9/h3-5,12,14H,6-8H2,1-2H3,(H,20,23). The summed E-state index contributed by atoms with van der Waals surface area (Å²) in [5.41, 5.74) is -0.827. The molecule has 1 fully saturated rings. The second-order valence-corrected chi connectivity index (χ2v) is 6.45. The number of halogens is 2. The second-order valence-electron chi connectivity index (χ2n) is 6.45. The van der Waals surface area contributed by atoms with Crippen LogP contribution in [0.3, 0.4) is 0 Å². The predicted octanol–water partition coefficient (Wildman–Crippen LogP) is 1.29. The van der Waals surface area contributed by atoms with Crippen LogP contribution in [-0.4, -0.2) is 49.1 Å². The largest absolute Gasteiger partial charge is 0.467 e. The zero-order valence-corrected chi connectivity index (χ0v) is 14.3. The summed E-state index contributed by atoms with van der Waals surface area (Å²) in [6.45, 7) is 1.70. The van der Waals surface area contributed by atoms with Gasteiger partial charge in [0, 0.05) is 24.5 Å². The van der Waals surface area contributed by atoms with E-state index < -0.39 is 35.2 Å². The minimum absolute atomic E-state index is 0.0513. The van der Waals surface area contributed by atoms with Crippen LogP contribution in [0.4, 0.5) is 8.78 Å². The van der Waals surface area contributed by atoms with Gasteiger partial charge in [0.05, 0.1) is 25.5 Å². The van der Waals surface area contributed by atoms with Gasteiger partial charge in [-0.1, -0.05) is 5.16 Å². The molecule has 3 unspecified atom stereocenters. The number of ether oxygens (including phenoxy) is 2. The number of nitrogens with zero attached hydrogens (tertiary/aromatic N) is 1. The van der Waals surface area contributed by atoms with Gasteiger partial charge in [0.1, 0.15) is 11.6 Å². The van der Waals surface area contributed by atoms with Crippen LogP contribution >= 0.6 is 0 Å². The van der Waals surface area contributed by atoms with Crippen LogP contribution in [0, 0.1) is 11.6 Å². The fourth-order valence-corrected chi connectivity index (χ4v) is 2.90. The molecular weight excluding hydrogens is 350 g/mol. The predicted molar refractivity (Wildman–Crippen MR) is 85.3 cm³/mol. The molecule has 0 saturated carbocycles. The van der Waals surface area contributed by atoms with Crippen molar-refractivity contribution >= 4 is 17.6 Å². The molecule has 26 heavy (non-hydrogen) atoms. The lowest BCUT2D eigenvalue weighted by molar-refractivity contribution is -0.151. The van der Waals surface area contributed by atoms with Crippen LogP contribution in [-0.2, 0) is 23.9 Å². The number of benzene rings is 1. The highest BCUT2D eigenvalue weighted by Gasteiger charge is 2.44. The van der Waals surface area contributed by atoms with E-state index in [4.69, 9.17) is 9.57 Å². The summed E-state index contributed by atoms with van der Waals surface area (Å²) in [5.74, 6) is -2.42. The van der Waals surface area contributed by atoms with Crippen molar-refractivity contribution in [2.45, 2.75) is 37.5 Å². The van der Waals surface area contributed by atoms with Crippen molar-refractivity contribution in [3.05, 3.63) is 35.4 Å². The molecule has 2 heterocycles. The molecule has 1 N–H and O–H groups in total. The fraction of sp³-hybridized carbons (Fsp3) is 0.471. The Labute approximate surface area is 148 Å². The number of amides is 1. The maximum atomic E-state index is 13.4. The zero-order chi connectivity index (χ0) is 18.9. The molecule has 7 nitrogen and oxygen atoms in total. The third kappa shape index (κ3) is 3.67. The van der Waals surface area contributed by atoms with Gasteiger partial charge in [-0.3, -0.25) is 4.79 Å². The van der Waals surface area contributed by atoms with E-state index in [1.54, 1.807) is 0 Å². The van der Waals surface area contributed by atoms with Gasteiger partial charge < -0.3 is 19.6 Å². The van der Waals surface area contributed by atoms with Crippen LogP contribution in [0.15, 0.2) is 23.4 Å². The number of esters is 1. The monoisotopic (exact) mass is 368 g/mol. The first-order chi connectivity index (χ1) is 12.3. The third-order valence-electron chi connectivity index (χ3n) is 4.33. The minimum Gasteiger partial charge on any atom is -0.467 e. The lowest BCUT2D eigenvalue weighted by Gasteiger charge is -2.22. The number of nitrogens with one attached hydrogen (secondary N) is 1. The number of oxime groups is 1. The molecular formula is C17H18F2N2O5. The lowest BCUT2D eigenvalue weighted by Crippen LogP contribution is -2.49. The van der Waals surface area contributed by atoms with Crippen molar-refractivity contribution in [3.63, 3.8) is 0 Å². The summed E-state index contributed by atoms with van der Waals surface area (Å²) < 4.78 is 36.6. The number of hydrogen-bond acceptors (Lipinski definition) is 6. The molecule has 3 atom stereocenters. The Morgan fingerprint density at radius 1 is 1.31 bits per heavy atom. The van der Waals surface area contributed by atoms with Gasteiger partial charge in [-0.05, 0) is 19.1 Å². The Kier molecular flexibility index (Phi) is 4.90. The highest BCUT2D eigenvalue weighted by molar-refractivity contribution is 6.05. The topological polar surface area (TPSA) is 86.2 Å². The highest BCUT2D eigenvalue weighted by atomic mass is 19.1. The van der Waals surface area contributed by atoms with Gasteiger partial charge in [-0.2, -0.15) is 0 Å². The van der Waals surface area contributed by atoms with Crippen molar-refractivity contribution in [1.82, 2.24) is 5.32 Å². The molecule has 0 spiro atoms. The van der Waals surface area contributed by atoms with Crippen molar-refractivity contribution in [1.29, 1.82) is 0 Å². The molecule has 1 saturated heterocycles. The van der Waals surface area contributed by atoms with Crippen LogP contribution in [0.1, 0.15) is 25.3 Å². The molecule has 1 aromatic rings. The summed E-state index contributed by atoms with van der Waals surface area (Å²) >= 11 is 0. The lowest BCUT2D eigenvalue weighted by atomic mass is 9.94. The second kappa shape index (κ2) is 6.99. The molecule has 2 aliphatic heterocycles. The first-order valence-corrected chi connectivity index (χ1v) is 8.02. The Balaban J connectivity index is 1.62. The molecule has 0 aliphatic carbocycles. The average Bonchev–Trinajstić information content (AvgIpc) is 3.21. The molecule has 1 amide bonds. The van der Waals surface area contributed by atoms with Gasteiger partial charge in [0.25, 0.3) is 5.91 Å². The third-order valence-corrected chi connectivity index (χ3v) is 4.33. The highest BCUT2D eigenvalue weighted by Crippen LogP contribution is 2.28. The SMILES string of the molecule is COC(=O)C1CC(NC(=O)C2(C)CC(c3cc(F)cc(F)c3)=NO2)CO1. The van der Waals surface area contributed by atoms with Crippen LogP contribution in [0.5, 0.6) is 0 Å². The van der Waals surface area contributed by atoms with Crippen molar-refractivity contribution < 1.29 is 32.7 Å². The van der Waals surface area contributed by atoms with E-state index in [2.05, 4.69) is 15.2 Å². The number of hydrogen-bond donors (Lipinski definition) is 1.